The van der Waals surface area contributed by atoms with Gasteiger partial charge >= 0.3 is 0 Å². The van der Waals surface area contributed by atoms with Crippen molar-refractivity contribution in [3.8, 4) is 0 Å². The van der Waals surface area contributed by atoms with Gasteiger partial charge in [0.25, 0.3) is 0 Å². The number of hydrogen-bond donors (Lipinski definition) is 1. The fraction of sp³-hybridized carbons (Fsp3) is 0.250. The maximum atomic E-state index is 5.91. The minimum Gasteiger partial charge on any atom is -0.304 e. The van der Waals surface area contributed by atoms with Crippen molar-refractivity contribution >= 4 is 27.5 Å². The first-order chi connectivity index (χ1) is 9.08. The smallest absolute Gasteiger partial charge is 0.0406 e. The highest BCUT2D eigenvalue weighted by Gasteiger charge is 2.12. The number of hydrogen-bond acceptors (Lipinski definition) is 1. The van der Waals surface area contributed by atoms with Crippen molar-refractivity contribution in [3.63, 3.8) is 0 Å². The van der Waals surface area contributed by atoms with Gasteiger partial charge in [-0.1, -0.05) is 57.9 Å². The Hall–Kier alpha value is -0.830. The van der Waals surface area contributed by atoms with Crippen LogP contribution in [0.25, 0.3) is 0 Å². The molecule has 2 aromatic carbocycles. The molecule has 2 aromatic rings. The fourth-order valence-electron chi connectivity index (χ4n) is 2.14. The highest BCUT2D eigenvalue weighted by atomic mass is 79.9. The predicted octanol–water partition coefficient (Wildman–Crippen LogP) is 5.51. The van der Waals surface area contributed by atoms with Gasteiger partial charge in [0.2, 0.25) is 0 Å². The van der Waals surface area contributed by atoms with Crippen molar-refractivity contribution in [3.05, 3.63) is 69.2 Å². The maximum absolute atomic E-state index is 5.91. The summed E-state index contributed by atoms with van der Waals surface area (Å²) in [5.41, 5.74) is 2.51. The van der Waals surface area contributed by atoms with Crippen LogP contribution in [0.1, 0.15) is 37.1 Å². The Morgan fingerprint density at radius 2 is 1.58 bits per heavy atom. The van der Waals surface area contributed by atoms with Crippen LogP contribution in [0.3, 0.4) is 0 Å². The van der Waals surface area contributed by atoms with Crippen molar-refractivity contribution < 1.29 is 0 Å². The van der Waals surface area contributed by atoms with Crippen LogP contribution in [0.15, 0.2) is 53.0 Å². The lowest BCUT2D eigenvalue weighted by Gasteiger charge is -2.21. The van der Waals surface area contributed by atoms with E-state index in [9.17, 15) is 0 Å². The maximum Gasteiger partial charge on any atom is 0.0406 e. The van der Waals surface area contributed by atoms with Gasteiger partial charge in [-0.3, -0.25) is 0 Å². The van der Waals surface area contributed by atoms with Gasteiger partial charge in [0.15, 0.2) is 0 Å². The van der Waals surface area contributed by atoms with Crippen LogP contribution >= 0.6 is 27.5 Å². The molecule has 0 saturated carbocycles. The van der Waals surface area contributed by atoms with Crippen LogP contribution in [0, 0.1) is 0 Å². The molecule has 2 rings (SSSR count). The standard InChI is InChI=1S/C16H17BrClN/c1-11(13-7-9-14(18)10-8-13)19-12(2)15-5-3-4-6-16(15)17/h3-12,19H,1-2H3/t11?,12-/m1/s1. The van der Waals surface area contributed by atoms with E-state index in [0.29, 0.717) is 0 Å². The molecule has 0 amide bonds. The molecule has 0 saturated heterocycles. The van der Waals surface area contributed by atoms with E-state index < -0.39 is 0 Å². The van der Waals surface area contributed by atoms with Gasteiger partial charge in [0.05, 0.1) is 0 Å². The summed E-state index contributed by atoms with van der Waals surface area (Å²) < 4.78 is 1.14. The third-order valence-electron chi connectivity index (χ3n) is 3.24. The van der Waals surface area contributed by atoms with E-state index in [2.05, 4.69) is 65.4 Å². The Morgan fingerprint density at radius 1 is 0.947 bits per heavy atom. The Morgan fingerprint density at radius 3 is 2.21 bits per heavy atom. The van der Waals surface area contributed by atoms with Gasteiger partial charge in [-0.2, -0.15) is 0 Å². The normalized spacial score (nSPS) is 14.1. The minimum atomic E-state index is 0.277. The first-order valence-corrected chi connectivity index (χ1v) is 7.51. The Balaban J connectivity index is 2.08. The summed E-state index contributed by atoms with van der Waals surface area (Å²) in [5, 5.41) is 4.37. The first kappa shape index (κ1) is 14.6. The van der Waals surface area contributed by atoms with E-state index in [-0.39, 0.29) is 12.1 Å². The van der Waals surface area contributed by atoms with Crippen molar-refractivity contribution in [2.75, 3.05) is 0 Å². The fourth-order valence-corrected chi connectivity index (χ4v) is 2.89. The SMILES string of the molecule is CC(N[C@H](C)c1ccccc1Br)c1ccc(Cl)cc1. The third kappa shape index (κ3) is 3.82. The quantitative estimate of drug-likeness (QED) is 0.774. The predicted molar refractivity (Wildman–Crippen MR) is 85.6 cm³/mol. The van der Waals surface area contributed by atoms with Crippen LogP contribution in [0.2, 0.25) is 5.02 Å². The van der Waals surface area contributed by atoms with Crippen LogP contribution in [0.5, 0.6) is 0 Å². The molecule has 3 heteroatoms. The molecule has 1 nitrogen and oxygen atoms in total. The number of benzene rings is 2. The van der Waals surface area contributed by atoms with Crippen LogP contribution in [0.4, 0.5) is 0 Å². The molecule has 100 valence electrons. The monoisotopic (exact) mass is 337 g/mol. The summed E-state index contributed by atoms with van der Waals surface area (Å²) in [6, 6.07) is 16.8. The summed E-state index contributed by atoms with van der Waals surface area (Å²) in [5.74, 6) is 0. The summed E-state index contributed by atoms with van der Waals surface area (Å²) in [4.78, 5) is 0. The van der Waals surface area contributed by atoms with E-state index in [1.54, 1.807) is 0 Å². The van der Waals surface area contributed by atoms with Crippen molar-refractivity contribution in [1.29, 1.82) is 0 Å². The summed E-state index contributed by atoms with van der Waals surface area (Å²) in [6.45, 7) is 4.34. The van der Waals surface area contributed by atoms with Crippen molar-refractivity contribution in [1.82, 2.24) is 5.32 Å². The minimum absolute atomic E-state index is 0.277. The molecule has 19 heavy (non-hydrogen) atoms. The van der Waals surface area contributed by atoms with E-state index in [1.165, 1.54) is 11.1 Å². The van der Waals surface area contributed by atoms with E-state index in [4.69, 9.17) is 11.6 Å². The molecule has 2 atom stereocenters. The molecular weight excluding hydrogens is 322 g/mol. The van der Waals surface area contributed by atoms with E-state index in [0.717, 1.165) is 9.50 Å². The van der Waals surface area contributed by atoms with Gasteiger partial charge in [0.1, 0.15) is 0 Å². The summed E-state index contributed by atoms with van der Waals surface area (Å²) >= 11 is 9.51. The molecule has 0 radical (unpaired) electrons. The Kier molecular flexibility index (Phi) is 5.03. The number of halogens is 2. The second-order valence-corrected chi connectivity index (χ2v) is 5.97. The molecule has 0 spiro atoms. The van der Waals surface area contributed by atoms with Gasteiger partial charge < -0.3 is 5.32 Å². The zero-order valence-electron chi connectivity index (χ0n) is 11.0. The average molecular weight is 339 g/mol. The topological polar surface area (TPSA) is 12.0 Å². The molecule has 0 aromatic heterocycles. The highest BCUT2D eigenvalue weighted by molar-refractivity contribution is 9.10. The van der Waals surface area contributed by atoms with Crippen LogP contribution in [-0.4, -0.2) is 0 Å². The van der Waals surface area contributed by atoms with E-state index in [1.807, 2.05) is 18.2 Å². The second-order valence-electron chi connectivity index (χ2n) is 4.68. The molecule has 1 N–H and O–H groups in total. The Bertz CT molecular complexity index is 539. The largest absolute Gasteiger partial charge is 0.304 e. The molecule has 0 aliphatic heterocycles. The average Bonchev–Trinajstić information content (AvgIpc) is 2.39. The van der Waals surface area contributed by atoms with E-state index >= 15 is 0 Å². The van der Waals surface area contributed by atoms with Crippen LogP contribution in [-0.2, 0) is 0 Å². The summed E-state index contributed by atoms with van der Waals surface area (Å²) in [7, 11) is 0. The van der Waals surface area contributed by atoms with Crippen LogP contribution < -0.4 is 5.32 Å². The first-order valence-electron chi connectivity index (χ1n) is 6.34. The van der Waals surface area contributed by atoms with Gasteiger partial charge in [-0.15, -0.1) is 0 Å². The van der Waals surface area contributed by atoms with Crippen molar-refractivity contribution in [2.24, 2.45) is 0 Å². The molecule has 1 unspecified atom stereocenters. The molecule has 0 aliphatic rings. The highest BCUT2D eigenvalue weighted by Crippen LogP contribution is 2.25. The third-order valence-corrected chi connectivity index (χ3v) is 4.22. The molecule has 0 bridgehead atoms. The zero-order valence-corrected chi connectivity index (χ0v) is 13.4. The zero-order chi connectivity index (χ0) is 13.8. The van der Waals surface area contributed by atoms with Gasteiger partial charge in [-0.25, -0.2) is 0 Å². The number of rotatable bonds is 4. The lowest BCUT2D eigenvalue weighted by atomic mass is 10.0. The van der Waals surface area contributed by atoms with Crippen molar-refractivity contribution in [2.45, 2.75) is 25.9 Å². The lowest BCUT2D eigenvalue weighted by Crippen LogP contribution is -2.22. The molecule has 0 heterocycles. The second kappa shape index (κ2) is 6.56. The van der Waals surface area contributed by atoms with Gasteiger partial charge in [0, 0.05) is 21.6 Å². The molecule has 0 aliphatic carbocycles. The number of nitrogens with one attached hydrogen (secondary N) is 1. The molecule has 0 fully saturated rings. The lowest BCUT2D eigenvalue weighted by molar-refractivity contribution is 0.493. The Labute approximate surface area is 128 Å². The van der Waals surface area contributed by atoms with Gasteiger partial charge in [-0.05, 0) is 43.2 Å². The summed E-state index contributed by atoms with van der Waals surface area (Å²) in [6.07, 6.45) is 0. The molecular formula is C16H17BrClN.